The summed E-state index contributed by atoms with van der Waals surface area (Å²) in [6, 6.07) is 10.1. The minimum absolute atomic E-state index is 0.605. The standard InChI is InChI=1S/C16H26N2/c1-4-9-18(13(2)3)12-16-10-14-7-5-6-8-15(14)11-17-16/h5-8,13,16-17H,4,9-12H2,1-3H3. The Bertz CT molecular complexity index is 373. The molecule has 18 heavy (non-hydrogen) atoms. The van der Waals surface area contributed by atoms with Crippen LogP contribution < -0.4 is 5.32 Å². The lowest BCUT2D eigenvalue weighted by Gasteiger charge is -2.33. The number of nitrogens with zero attached hydrogens (tertiary/aromatic N) is 1. The Morgan fingerprint density at radius 1 is 1.28 bits per heavy atom. The molecule has 0 aromatic heterocycles. The van der Waals surface area contributed by atoms with Crippen LogP contribution in [0.3, 0.4) is 0 Å². The van der Waals surface area contributed by atoms with Gasteiger partial charge < -0.3 is 5.32 Å². The number of benzene rings is 1. The first kappa shape index (κ1) is 13.6. The molecule has 0 saturated heterocycles. The van der Waals surface area contributed by atoms with Gasteiger partial charge in [-0.1, -0.05) is 31.2 Å². The molecular weight excluding hydrogens is 220 g/mol. The van der Waals surface area contributed by atoms with Crippen molar-refractivity contribution in [1.29, 1.82) is 0 Å². The van der Waals surface area contributed by atoms with Crippen LogP contribution in [-0.4, -0.2) is 30.1 Å². The van der Waals surface area contributed by atoms with E-state index < -0.39 is 0 Å². The average molecular weight is 246 g/mol. The Balaban J connectivity index is 1.96. The summed E-state index contributed by atoms with van der Waals surface area (Å²) in [5.41, 5.74) is 3.00. The number of hydrogen-bond acceptors (Lipinski definition) is 2. The molecule has 1 unspecified atom stereocenters. The van der Waals surface area contributed by atoms with Gasteiger partial charge in [0.15, 0.2) is 0 Å². The molecule has 0 amide bonds. The molecule has 100 valence electrons. The second kappa shape index (κ2) is 6.35. The highest BCUT2D eigenvalue weighted by Gasteiger charge is 2.20. The van der Waals surface area contributed by atoms with Crippen LogP contribution in [0.1, 0.15) is 38.3 Å². The van der Waals surface area contributed by atoms with E-state index in [-0.39, 0.29) is 0 Å². The predicted octanol–water partition coefficient (Wildman–Crippen LogP) is 2.82. The van der Waals surface area contributed by atoms with Crippen molar-refractivity contribution in [3.63, 3.8) is 0 Å². The Hall–Kier alpha value is -0.860. The van der Waals surface area contributed by atoms with Crippen molar-refractivity contribution in [2.75, 3.05) is 13.1 Å². The van der Waals surface area contributed by atoms with Crippen LogP contribution in [0.5, 0.6) is 0 Å². The van der Waals surface area contributed by atoms with Crippen LogP contribution in [-0.2, 0) is 13.0 Å². The summed E-state index contributed by atoms with van der Waals surface area (Å²) in [6.45, 7) is 10.3. The van der Waals surface area contributed by atoms with Crippen molar-refractivity contribution in [2.24, 2.45) is 0 Å². The topological polar surface area (TPSA) is 15.3 Å². The first-order valence-electron chi connectivity index (χ1n) is 7.25. The highest BCUT2D eigenvalue weighted by molar-refractivity contribution is 5.29. The Morgan fingerprint density at radius 3 is 2.67 bits per heavy atom. The molecule has 0 bridgehead atoms. The van der Waals surface area contributed by atoms with Crippen molar-refractivity contribution in [3.8, 4) is 0 Å². The maximum atomic E-state index is 3.68. The van der Waals surface area contributed by atoms with Crippen molar-refractivity contribution in [3.05, 3.63) is 35.4 Å². The molecule has 2 rings (SSSR count). The molecule has 0 spiro atoms. The fourth-order valence-corrected chi connectivity index (χ4v) is 2.78. The molecule has 2 nitrogen and oxygen atoms in total. The largest absolute Gasteiger partial charge is 0.308 e. The summed E-state index contributed by atoms with van der Waals surface area (Å²) in [5, 5.41) is 3.68. The highest BCUT2D eigenvalue weighted by atomic mass is 15.2. The molecule has 1 N–H and O–H groups in total. The van der Waals surface area contributed by atoms with Gasteiger partial charge in [-0.3, -0.25) is 4.90 Å². The molecule has 0 saturated carbocycles. The van der Waals surface area contributed by atoms with Crippen molar-refractivity contribution in [2.45, 2.75) is 52.2 Å². The molecule has 2 heteroatoms. The zero-order valence-electron chi connectivity index (χ0n) is 11.9. The summed E-state index contributed by atoms with van der Waals surface area (Å²) >= 11 is 0. The predicted molar refractivity (Wildman–Crippen MR) is 77.8 cm³/mol. The third-order valence-electron chi connectivity index (χ3n) is 3.86. The first-order chi connectivity index (χ1) is 8.70. The number of rotatable bonds is 5. The maximum Gasteiger partial charge on any atom is 0.0238 e. The van der Waals surface area contributed by atoms with Gasteiger partial charge in [-0.25, -0.2) is 0 Å². The molecule has 1 aliphatic heterocycles. The third-order valence-corrected chi connectivity index (χ3v) is 3.86. The number of fused-ring (bicyclic) bond motifs is 1. The van der Waals surface area contributed by atoms with Gasteiger partial charge in [0.25, 0.3) is 0 Å². The highest BCUT2D eigenvalue weighted by Crippen LogP contribution is 2.17. The van der Waals surface area contributed by atoms with E-state index in [1.54, 1.807) is 0 Å². The maximum absolute atomic E-state index is 3.68. The van der Waals surface area contributed by atoms with Crippen molar-refractivity contribution in [1.82, 2.24) is 10.2 Å². The van der Waals surface area contributed by atoms with Gasteiger partial charge >= 0.3 is 0 Å². The second-order valence-electron chi connectivity index (χ2n) is 5.64. The van der Waals surface area contributed by atoms with E-state index in [1.807, 2.05) is 0 Å². The van der Waals surface area contributed by atoms with Crippen LogP contribution in [0.15, 0.2) is 24.3 Å². The SMILES string of the molecule is CCCN(CC1Cc2ccccc2CN1)C(C)C. The molecule has 1 heterocycles. The van der Waals surface area contributed by atoms with Gasteiger partial charge in [0.05, 0.1) is 0 Å². The van der Waals surface area contributed by atoms with Crippen LogP contribution in [0.25, 0.3) is 0 Å². The van der Waals surface area contributed by atoms with Crippen LogP contribution in [0.2, 0.25) is 0 Å². The zero-order chi connectivity index (χ0) is 13.0. The van der Waals surface area contributed by atoms with Gasteiger partial charge in [0.2, 0.25) is 0 Å². The summed E-state index contributed by atoms with van der Waals surface area (Å²) < 4.78 is 0. The smallest absolute Gasteiger partial charge is 0.0238 e. The van der Waals surface area contributed by atoms with Crippen LogP contribution in [0, 0.1) is 0 Å². The zero-order valence-corrected chi connectivity index (χ0v) is 11.9. The number of nitrogens with one attached hydrogen (secondary N) is 1. The van der Waals surface area contributed by atoms with E-state index in [0.717, 1.165) is 6.54 Å². The van der Waals surface area contributed by atoms with Crippen LogP contribution >= 0.6 is 0 Å². The molecule has 1 atom stereocenters. The first-order valence-corrected chi connectivity index (χ1v) is 7.25. The summed E-state index contributed by atoms with van der Waals surface area (Å²) in [6.07, 6.45) is 2.41. The summed E-state index contributed by atoms with van der Waals surface area (Å²) in [5.74, 6) is 0. The van der Waals surface area contributed by atoms with Crippen molar-refractivity contribution < 1.29 is 0 Å². The molecular formula is C16H26N2. The minimum atomic E-state index is 0.605. The molecule has 0 fully saturated rings. The molecule has 1 aromatic rings. The van der Waals surface area contributed by atoms with Crippen LogP contribution in [0.4, 0.5) is 0 Å². The fraction of sp³-hybridized carbons (Fsp3) is 0.625. The normalized spacial score (nSPS) is 19.3. The summed E-state index contributed by atoms with van der Waals surface area (Å²) in [4.78, 5) is 2.59. The van der Waals surface area contributed by atoms with E-state index in [9.17, 15) is 0 Å². The van der Waals surface area contributed by atoms with Gasteiger partial charge in [-0.2, -0.15) is 0 Å². The molecule has 1 aliphatic rings. The fourth-order valence-electron chi connectivity index (χ4n) is 2.78. The quantitative estimate of drug-likeness (QED) is 0.859. The van der Waals surface area contributed by atoms with E-state index in [1.165, 1.54) is 37.1 Å². The Kier molecular flexibility index (Phi) is 4.79. The molecule has 0 radical (unpaired) electrons. The van der Waals surface area contributed by atoms with E-state index >= 15 is 0 Å². The van der Waals surface area contributed by atoms with E-state index in [0.29, 0.717) is 12.1 Å². The van der Waals surface area contributed by atoms with E-state index in [2.05, 4.69) is 55.3 Å². The molecule has 1 aromatic carbocycles. The second-order valence-corrected chi connectivity index (χ2v) is 5.64. The lowest BCUT2D eigenvalue weighted by molar-refractivity contribution is 0.193. The Labute approximate surface area is 111 Å². The molecule has 0 aliphatic carbocycles. The monoisotopic (exact) mass is 246 g/mol. The van der Waals surface area contributed by atoms with Crippen molar-refractivity contribution >= 4 is 0 Å². The number of hydrogen-bond donors (Lipinski definition) is 1. The average Bonchev–Trinajstić information content (AvgIpc) is 2.38. The van der Waals surface area contributed by atoms with Gasteiger partial charge in [-0.05, 0) is 44.4 Å². The summed E-state index contributed by atoms with van der Waals surface area (Å²) in [7, 11) is 0. The Morgan fingerprint density at radius 2 is 2.00 bits per heavy atom. The van der Waals surface area contributed by atoms with Gasteiger partial charge in [0.1, 0.15) is 0 Å². The third kappa shape index (κ3) is 3.33. The van der Waals surface area contributed by atoms with Gasteiger partial charge in [-0.15, -0.1) is 0 Å². The lowest BCUT2D eigenvalue weighted by Crippen LogP contribution is -2.47. The lowest BCUT2D eigenvalue weighted by atomic mass is 9.95. The minimum Gasteiger partial charge on any atom is -0.308 e. The van der Waals surface area contributed by atoms with Gasteiger partial charge in [0, 0.05) is 25.2 Å². The van der Waals surface area contributed by atoms with E-state index in [4.69, 9.17) is 0 Å².